The molecule has 1 aromatic rings. The van der Waals surface area contributed by atoms with Crippen molar-refractivity contribution < 1.29 is 17.9 Å². The molecule has 4 nitrogen and oxygen atoms in total. The zero-order valence-electron chi connectivity index (χ0n) is 11.4. The first kappa shape index (κ1) is 16.1. The molecule has 0 aliphatic rings. The van der Waals surface area contributed by atoms with Gasteiger partial charge in [0.1, 0.15) is 5.82 Å². The predicted molar refractivity (Wildman–Crippen MR) is 71.6 cm³/mol. The molecule has 0 aliphatic carbocycles. The van der Waals surface area contributed by atoms with Crippen LogP contribution < -0.4 is 4.72 Å². The molecular formula is C13H20FNO3S. The fourth-order valence-electron chi connectivity index (χ4n) is 1.40. The molecule has 6 heteroatoms. The summed E-state index contributed by atoms with van der Waals surface area (Å²) in [6.45, 7) is 5.65. The molecule has 1 rings (SSSR count). The van der Waals surface area contributed by atoms with Crippen molar-refractivity contribution in [2.24, 2.45) is 5.41 Å². The Morgan fingerprint density at radius 2 is 2.00 bits per heavy atom. The zero-order chi connectivity index (χ0) is 14.7. The average Bonchev–Trinajstić information content (AvgIpc) is 2.37. The largest absolute Gasteiger partial charge is 0.392 e. The zero-order valence-corrected chi connectivity index (χ0v) is 12.2. The molecule has 19 heavy (non-hydrogen) atoms. The van der Waals surface area contributed by atoms with Crippen molar-refractivity contribution >= 4 is 10.0 Å². The lowest BCUT2D eigenvalue weighted by atomic mass is 9.91. The molecule has 0 radical (unpaired) electrons. The van der Waals surface area contributed by atoms with Crippen LogP contribution in [0.5, 0.6) is 0 Å². The average molecular weight is 289 g/mol. The van der Waals surface area contributed by atoms with Crippen LogP contribution in [0.3, 0.4) is 0 Å². The summed E-state index contributed by atoms with van der Waals surface area (Å²) in [7, 11) is -3.82. The van der Waals surface area contributed by atoms with Gasteiger partial charge in [0.15, 0.2) is 0 Å². The normalized spacial score (nSPS) is 12.7. The molecule has 1 aromatic carbocycles. The summed E-state index contributed by atoms with van der Waals surface area (Å²) in [6, 6.07) is 3.32. The summed E-state index contributed by atoms with van der Waals surface area (Å²) in [5.74, 6) is -0.646. The molecule has 2 N–H and O–H groups in total. The lowest BCUT2D eigenvalue weighted by Crippen LogP contribution is -2.34. The van der Waals surface area contributed by atoms with E-state index in [2.05, 4.69) is 4.72 Å². The van der Waals surface area contributed by atoms with Gasteiger partial charge in [-0.1, -0.05) is 26.8 Å². The van der Waals surface area contributed by atoms with E-state index in [4.69, 9.17) is 5.11 Å². The van der Waals surface area contributed by atoms with Crippen molar-refractivity contribution in [1.29, 1.82) is 0 Å². The predicted octanol–water partition coefficient (Wildman–Crippen LogP) is 2.03. The molecule has 108 valence electrons. The molecule has 0 saturated heterocycles. The van der Waals surface area contributed by atoms with E-state index in [1.54, 1.807) is 0 Å². The van der Waals surface area contributed by atoms with Gasteiger partial charge in [0.2, 0.25) is 10.0 Å². The number of rotatable bonds is 6. The molecule has 0 unspecified atom stereocenters. The number of hydrogen-bond acceptors (Lipinski definition) is 3. The highest BCUT2D eigenvalue weighted by atomic mass is 32.2. The van der Waals surface area contributed by atoms with Gasteiger partial charge < -0.3 is 5.11 Å². The van der Waals surface area contributed by atoms with Gasteiger partial charge in [-0.25, -0.2) is 17.5 Å². The maximum Gasteiger partial charge on any atom is 0.241 e. The minimum atomic E-state index is -3.82. The molecule has 0 fully saturated rings. The Bertz CT molecular complexity index is 541. The number of sulfonamides is 1. The molecule has 0 amide bonds. The van der Waals surface area contributed by atoms with Gasteiger partial charge in [-0.05, 0) is 29.5 Å². The molecule has 0 spiro atoms. The summed E-state index contributed by atoms with van der Waals surface area (Å²) in [4.78, 5) is -0.207. The molecular weight excluding hydrogens is 269 g/mol. The Labute approximate surface area is 113 Å². The van der Waals surface area contributed by atoms with E-state index in [0.29, 0.717) is 0 Å². The smallest absolute Gasteiger partial charge is 0.241 e. The van der Waals surface area contributed by atoms with Crippen LogP contribution in [0.1, 0.15) is 32.8 Å². The second kappa shape index (κ2) is 5.98. The fourth-order valence-corrected chi connectivity index (χ4v) is 2.88. The molecule has 0 bridgehead atoms. The summed E-state index contributed by atoms with van der Waals surface area (Å²) in [5, 5.41) is 9.13. The van der Waals surface area contributed by atoms with Crippen LogP contribution in [0.25, 0.3) is 0 Å². The Hall–Kier alpha value is -0.980. The Morgan fingerprint density at radius 1 is 1.37 bits per heavy atom. The maximum atomic E-state index is 13.2. The van der Waals surface area contributed by atoms with Crippen molar-refractivity contribution in [3.63, 3.8) is 0 Å². The molecule has 0 aliphatic heterocycles. The third-order valence-electron chi connectivity index (χ3n) is 3.19. The maximum absolute atomic E-state index is 13.2. The first-order valence-electron chi connectivity index (χ1n) is 6.11. The fraction of sp³-hybridized carbons (Fsp3) is 0.538. The van der Waals surface area contributed by atoms with E-state index < -0.39 is 22.4 Å². The van der Waals surface area contributed by atoms with Crippen LogP contribution in [0.15, 0.2) is 23.1 Å². The Kier molecular flexibility index (Phi) is 5.06. The van der Waals surface area contributed by atoms with Crippen LogP contribution in [0.2, 0.25) is 0 Å². The van der Waals surface area contributed by atoms with Crippen molar-refractivity contribution in [2.45, 2.75) is 38.7 Å². The van der Waals surface area contributed by atoms with Gasteiger partial charge in [0, 0.05) is 6.54 Å². The lowest BCUT2D eigenvalue weighted by molar-refractivity contribution is 0.278. The Balaban J connectivity index is 3.04. The van der Waals surface area contributed by atoms with Crippen molar-refractivity contribution in [1.82, 2.24) is 4.72 Å². The second-order valence-corrected chi connectivity index (χ2v) is 6.99. The topological polar surface area (TPSA) is 66.4 Å². The SMILES string of the molecule is CCC(C)(C)CNS(=O)(=O)c1cc(F)ccc1CO. The van der Waals surface area contributed by atoms with E-state index in [1.807, 2.05) is 20.8 Å². The van der Waals surface area contributed by atoms with Crippen molar-refractivity contribution in [3.05, 3.63) is 29.6 Å². The van der Waals surface area contributed by atoms with E-state index in [9.17, 15) is 12.8 Å². The quantitative estimate of drug-likeness (QED) is 0.842. The second-order valence-electron chi connectivity index (χ2n) is 5.25. The minimum Gasteiger partial charge on any atom is -0.392 e. The van der Waals surface area contributed by atoms with E-state index in [-0.39, 0.29) is 22.4 Å². The number of nitrogens with one attached hydrogen (secondary N) is 1. The highest BCUT2D eigenvalue weighted by Crippen LogP contribution is 2.21. The van der Waals surface area contributed by atoms with Crippen LogP contribution in [-0.2, 0) is 16.6 Å². The number of aliphatic hydroxyl groups excluding tert-OH is 1. The van der Waals surface area contributed by atoms with Gasteiger partial charge in [0.25, 0.3) is 0 Å². The first-order chi connectivity index (χ1) is 8.72. The van der Waals surface area contributed by atoms with Gasteiger partial charge in [0.05, 0.1) is 11.5 Å². The molecule has 0 aromatic heterocycles. The van der Waals surface area contributed by atoms with Gasteiger partial charge in [-0.15, -0.1) is 0 Å². The van der Waals surface area contributed by atoms with E-state index >= 15 is 0 Å². The highest BCUT2D eigenvalue weighted by Gasteiger charge is 2.23. The monoisotopic (exact) mass is 289 g/mol. The number of benzene rings is 1. The first-order valence-corrected chi connectivity index (χ1v) is 7.59. The van der Waals surface area contributed by atoms with Gasteiger partial charge in [-0.2, -0.15) is 0 Å². The van der Waals surface area contributed by atoms with Gasteiger partial charge in [-0.3, -0.25) is 0 Å². The standard InChI is InChI=1S/C13H20FNO3S/c1-4-13(2,3)9-15-19(17,18)12-7-11(14)6-5-10(12)8-16/h5-7,15-16H,4,8-9H2,1-3H3. The Morgan fingerprint density at radius 3 is 2.53 bits per heavy atom. The van der Waals surface area contributed by atoms with Crippen molar-refractivity contribution in [3.8, 4) is 0 Å². The number of halogens is 1. The molecule has 0 heterocycles. The number of hydrogen-bond donors (Lipinski definition) is 2. The summed E-state index contributed by atoms with van der Waals surface area (Å²) < 4.78 is 39.9. The summed E-state index contributed by atoms with van der Waals surface area (Å²) >= 11 is 0. The van der Waals surface area contributed by atoms with E-state index in [0.717, 1.165) is 18.6 Å². The van der Waals surface area contributed by atoms with Crippen molar-refractivity contribution in [2.75, 3.05) is 6.54 Å². The summed E-state index contributed by atoms with van der Waals surface area (Å²) in [5.41, 5.74) is 0.00274. The molecule has 0 saturated carbocycles. The lowest BCUT2D eigenvalue weighted by Gasteiger charge is -2.23. The highest BCUT2D eigenvalue weighted by molar-refractivity contribution is 7.89. The summed E-state index contributed by atoms with van der Waals surface area (Å²) in [6.07, 6.45) is 0.811. The van der Waals surface area contributed by atoms with Crippen LogP contribution in [0, 0.1) is 11.2 Å². The van der Waals surface area contributed by atoms with Crippen LogP contribution >= 0.6 is 0 Å². The third-order valence-corrected chi connectivity index (χ3v) is 4.67. The third kappa shape index (κ3) is 4.26. The van der Waals surface area contributed by atoms with Crippen LogP contribution in [-0.4, -0.2) is 20.1 Å². The van der Waals surface area contributed by atoms with Gasteiger partial charge >= 0.3 is 0 Å². The molecule has 0 atom stereocenters. The number of aliphatic hydroxyl groups is 1. The van der Waals surface area contributed by atoms with E-state index in [1.165, 1.54) is 6.07 Å². The van der Waals surface area contributed by atoms with Crippen LogP contribution in [0.4, 0.5) is 4.39 Å². The minimum absolute atomic E-state index is 0.181.